The Morgan fingerprint density at radius 1 is 1.32 bits per heavy atom. The number of para-hydroxylation sites is 1. The average molecular weight is 278 g/mol. The molecule has 0 aliphatic heterocycles. The van der Waals surface area contributed by atoms with Crippen molar-refractivity contribution in [2.45, 2.75) is 37.5 Å². The highest BCUT2D eigenvalue weighted by Crippen LogP contribution is 2.42. The number of nitrogens with two attached hydrogens (primary N) is 1. The van der Waals surface area contributed by atoms with Crippen molar-refractivity contribution in [3.63, 3.8) is 0 Å². The highest BCUT2D eigenvalue weighted by Gasteiger charge is 2.34. The number of hydrogen-bond donors (Lipinski definition) is 1. The number of aryl methyl sites for hydroxylation is 1. The van der Waals surface area contributed by atoms with Gasteiger partial charge in [0.05, 0.1) is 5.52 Å². The quantitative estimate of drug-likeness (QED) is 0.914. The van der Waals surface area contributed by atoms with Gasteiger partial charge in [-0.2, -0.15) is 5.10 Å². The summed E-state index contributed by atoms with van der Waals surface area (Å²) in [7, 11) is 1.96. The molecule has 0 spiro atoms. The summed E-state index contributed by atoms with van der Waals surface area (Å²) in [5, 5.41) is 5.98. The van der Waals surface area contributed by atoms with Crippen LogP contribution in [-0.2, 0) is 12.5 Å². The molecule has 2 aromatic rings. The van der Waals surface area contributed by atoms with Crippen LogP contribution in [0.1, 0.15) is 37.7 Å². The fraction of sp³-hybridized carbons (Fsp3) is 0.533. The van der Waals surface area contributed by atoms with Crippen molar-refractivity contribution in [3.05, 3.63) is 28.9 Å². The molecule has 0 radical (unpaired) electrons. The minimum Gasteiger partial charge on any atom is -0.330 e. The molecule has 2 N–H and O–H groups in total. The predicted octanol–water partition coefficient (Wildman–Crippen LogP) is 3.39. The Bertz CT molecular complexity index is 597. The predicted molar refractivity (Wildman–Crippen MR) is 79.5 cm³/mol. The molecule has 0 amide bonds. The molecule has 1 saturated carbocycles. The maximum atomic E-state index is 6.21. The summed E-state index contributed by atoms with van der Waals surface area (Å²) >= 11 is 6.21. The van der Waals surface area contributed by atoms with E-state index in [9.17, 15) is 0 Å². The molecule has 0 atom stereocenters. The molecule has 1 aliphatic carbocycles. The number of halogens is 1. The minimum absolute atomic E-state index is 0.106. The molecule has 1 heterocycles. The van der Waals surface area contributed by atoms with Crippen LogP contribution in [0, 0.1) is 0 Å². The van der Waals surface area contributed by atoms with Crippen LogP contribution in [-0.4, -0.2) is 16.3 Å². The zero-order chi connectivity index (χ0) is 13.5. The molecular formula is C15H20ClN3. The van der Waals surface area contributed by atoms with E-state index in [1.807, 2.05) is 17.8 Å². The lowest BCUT2D eigenvalue weighted by Crippen LogP contribution is -2.37. The third kappa shape index (κ3) is 1.96. The smallest absolute Gasteiger partial charge is 0.158 e. The molecule has 19 heavy (non-hydrogen) atoms. The van der Waals surface area contributed by atoms with E-state index in [-0.39, 0.29) is 5.41 Å². The summed E-state index contributed by atoms with van der Waals surface area (Å²) in [6.45, 7) is 0.703. The summed E-state index contributed by atoms with van der Waals surface area (Å²) < 4.78 is 1.90. The summed E-state index contributed by atoms with van der Waals surface area (Å²) in [4.78, 5) is 0. The fourth-order valence-electron chi connectivity index (χ4n) is 3.53. The van der Waals surface area contributed by atoms with Crippen LogP contribution in [0.5, 0.6) is 0 Å². The average Bonchev–Trinajstić information content (AvgIpc) is 2.75. The van der Waals surface area contributed by atoms with E-state index >= 15 is 0 Å². The Morgan fingerprint density at radius 3 is 2.74 bits per heavy atom. The van der Waals surface area contributed by atoms with Gasteiger partial charge in [0.2, 0.25) is 0 Å². The third-order valence-electron chi connectivity index (χ3n) is 4.59. The molecule has 4 heteroatoms. The van der Waals surface area contributed by atoms with Crippen molar-refractivity contribution in [2.75, 3.05) is 6.54 Å². The monoisotopic (exact) mass is 277 g/mol. The summed E-state index contributed by atoms with van der Waals surface area (Å²) in [6, 6.07) is 6.33. The summed E-state index contributed by atoms with van der Waals surface area (Å²) in [5.74, 6) is 0. The van der Waals surface area contributed by atoms with Crippen molar-refractivity contribution in [2.24, 2.45) is 12.8 Å². The normalized spacial score (nSPS) is 18.9. The maximum absolute atomic E-state index is 6.21. The van der Waals surface area contributed by atoms with Gasteiger partial charge in [0.1, 0.15) is 0 Å². The van der Waals surface area contributed by atoms with Gasteiger partial charge in [-0.25, -0.2) is 0 Å². The Morgan fingerprint density at radius 2 is 2.05 bits per heavy atom. The molecule has 3 nitrogen and oxygen atoms in total. The van der Waals surface area contributed by atoms with Crippen LogP contribution in [0.2, 0.25) is 5.15 Å². The summed E-state index contributed by atoms with van der Waals surface area (Å²) in [5.41, 5.74) is 8.74. The fourth-order valence-corrected chi connectivity index (χ4v) is 3.80. The topological polar surface area (TPSA) is 43.8 Å². The van der Waals surface area contributed by atoms with Gasteiger partial charge >= 0.3 is 0 Å². The van der Waals surface area contributed by atoms with E-state index in [4.69, 9.17) is 17.3 Å². The molecular weight excluding hydrogens is 258 g/mol. The third-order valence-corrected chi connectivity index (χ3v) is 4.87. The molecule has 0 bridgehead atoms. The number of aromatic nitrogens is 2. The molecule has 1 aliphatic rings. The van der Waals surface area contributed by atoms with Crippen molar-refractivity contribution < 1.29 is 0 Å². The molecule has 1 fully saturated rings. The Labute approximate surface area is 118 Å². The van der Waals surface area contributed by atoms with Crippen LogP contribution in [0.3, 0.4) is 0 Å². The Kier molecular flexibility index (Phi) is 3.27. The van der Waals surface area contributed by atoms with Crippen LogP contribution in [0.4, 0.5) is 0 Å². The van der Waals surface area contributed by atoms with Crippen LogP contribution < -0.4 is 5.73 Å². The first-order valence-corrected chi connectivity index (χ1v) is 7.37. The first-order chi connectivity index (χ1) is 9.18. The second-order valence-corrected chi connectivity index (χ2v) is 6.02. The molecule has 1 aromatic carbocycles. The van der Waals surface area contributed by atoms with Gasteiger partial charge in [-0.05, 0) is 24.5 Å². The van der Waals surface area contributed by atoms with Gasteiger partial charge in [-0.15, -0.1) is 0 Å². The number of rotatable bonds is 2. The van der Waals surface area contributed by atoms with Crippen molar-refractivity contribution in [1.82, 2.24) is 9.78 Å². The number of fused-ring (bicyclic) bond motifs is 1. The zero-order valence-corrected chi connectivity index (χ0v) is 12.1. The lowest BCUT2D eigenvalue weighted by atomic mass is 9.69. The van der Waals surface area contributed by atoms with Crippen molar-refractivity contribution >= 4 is 22.5 Å². The first-order valence-electron chi connectivity index (χ1n) is 7.00. The molecule has 1 aromatic heterocycles. The number of hydrogen-bond acceptors (Lipinski definition) is 2. The minimum atomic E-state index is 0.106. The van der Waals surface area contributed by atoms with E-state index < -0.39 is 0 Å². The number of nitrogens with zero attached hydrogens (tertiary/aromatic N) is 2. The Balaban J connectivity index is 2.23. The molecule has 0 unspecified atom stereocenters. The van der Waals surface area contributed by atoms with Gasteiger partial charge in [0.25, 0.3) is 0 Å². The highest BCUT2D eigenvalue weighted by molar-refractivity contribution is 6.34. The highest BCUT2D eigenvalue weighted by atomic mass is 35.5. The van der Waals surface area contributed by atoms with Crippen LogP contribution >= 0.6 is 11.6 Å². The van der Waals surface area contributed by atoms with E-state index in [0.717, 1.165) is 10.9 Å². The lowest BCUT2D eigenvalue weighted by Gasteiger charge is -2.37. The second kappa shape index (κ2) is 4.80. The first kappa shape index (κ1) is 12.9. The van der Waals surface area contributed by atoms with E-state index in [1.165, 1.54) is 37.7 Å². The molecule has 3 rings (SSSR count). The van der Waals surface area contributed by atoms with E-state index in [2.05, 4.69) is 17.2 Å². The second-order valence-electron chi connectivity index (χ2n) is 5.66. The van der Waals surface area contributed by atoms with E-state index in [0.29, 0.717) is 11.7 Å². The van der Waals surface area contributed by atoms with E-state index in [1.54, 1.807) is 0 Å². The lowest BCUT2D eigenvalue weighted by molar-refractivity contribution is 0.302. The molecule has 0 saturated heterocycles. The standard InChI is InChI=1S/C15H20ClN3/c1-19-13-11(14(16)18-19)6-5-7-12(13)15(10-17)8-3-2-4-9-15/h5-7H,2-4,8-10,17H2,1H3. The number of benzene rings is 1. The van der Waals surface area contributed by atoms with Crippen molar-refractivity contribution in [1.29, 1.82) is 0 Å². The van der Waals surface area contributed by atoms with Crippen LogP contribution in [0.25, 0.3) is 10.9 Å². The van der Waals surface area contributed by atoms with Gasteiger partial charge in [-0.3, -0.25) is 4.68 Å². The Hall–Kier alpha value is -1.06. The molecule has 102 valence electrons. The van der Waals surface area contributed by atoms with Crippen LogP contribution in [0.15, 0.2) is 18.2 Å². The van der Waals surface area contributed by atoms with Gasteiger partial charge in [0, 0.05) is 24.4 Å². The largest absolute Gasteiger partial charge is 0.330 e. The summed E-state index contributed by atoms with van der Waals surface area (Å²) in [6.07, 6.45) is 6.19. The van der Waals surface area contributed by atoms with Gasteiger partial charge in [0.15, 0.2) is 5.15 Å². The zero-order valence-electron chi connectivity index (χ0n) is 11.3. The SMILES string of the molecule is Cn1nc(Cl)c2cccc(C3(CN)CCCCC3)c21. The van der Waals surface area contributed by atoms with Gasteiger partial charge < -0.3 is 5.73 Å². The van der Waals surface area contributed by atoms with Gasteiger partial charge in [-0.1, -0.05) is 43.0 Å². The maximum Gasteiger partial charge on any atom is 0.158 e. The van der Waals surface area contributed by atoms with Crippen molar-refractivity contribution in [3.8, 4) is 0 Å².